The number of thioether (sulfide) groups is 1. The van der Waals surface area contributed by atoms with Crippen LogP contribution in [0, 0.1) is 0 Å². The third kappa shape index (κ3) is 5.08. The number of ether oxygens (including phenoxy) is 1. The molecule has 0 radical (unpaired) electrons. The van der Waals surface area contributed by atoms with Gasteiger partial charge in [0, 0.05) is 29.0 Å². The van der Waals surface area contributed by atoms with Crippen LogP contribution in [0.5, 0.6) is 5.75 Å². The Balaban J connectivity index is 1.36. The first-order valence-electron chi connectivity index (χ1n) is 9.17. The summed E-state index contributed by atoms with van der Waals surface area (Å²) in [6.07, 6.45) is -1.04. The highest BCUT2D eigenvalue weighted by Gasteiger charge is 2.38. The van der Waals surface area contributed by atoms with Crippen molar-refractivity contribution in [2.75, 3.05) is 7.11 Å². The fourth-order valence-corrected chi connectivity index (χ4v) is 3.70. The average molecular weight is 446 g/mol. The van der Waals surface area contributed by atoms with E-state index in [9.17, 15) is 13.2 Å². The Bertz CT molecular complexity index is 1140. The fourth-order valence-electron chi connectivity index (χ4n) is 2.81. The quantitative estimate of drug-likeness (QED) is 0.380. The van der Waals surface area contributed by atoms with Crippen molar-refractivity contribution in [3.8, 4) is 22.8 Å². The summed E-state index contributed by atoms with van der Waals surface area (Å²) in [4.78, 5) is 7.81. The molecule has 0 aliphatic heterocycles. The number of hydrogen-bond donors (Lipinski definition) is 0. The minimum atomic E-state index is -4.66. The monoisotopic (exact) mass is 446 g/mol. The van der Waals surface area contributed by atoms with Gasteiger partial charge in [-0.2, -0.15) is 29.9 Å². The van der Waals surface area contributed by atoms with Gasteiger partial charge in [-0.3, -0.25) is 0 Å². The van der Waals surface area contributed by atoms with E-state index in [0.29, 0.717) is 5.56 Å². The van der Waals surface area contributed by atoms with Gasteiger partial charge in [0.15, 0.2) is 0 Å². The van der Waals surface area contributed by atoms with E-state index < -0.39 is 12.1 Å². The highest BCUT2D eigenvalue weighted by Crippen LogP contribution is 2.29. The lowest BCUT2D eigenvalue weighted by atomic mass is 10.2. The zero-order chi connectivity index (χ0) is 21.8. The molecule has 0 fully saturated rings. The van der Waals surface area contributed by atoms with Gasteiger partial charge >= 0.3 is 12.1 Å². The van der Waals surface area contributed by atoms with Crippen LogP contribution in [0.2, 0.25) is 0 Å². The molecule has 6 nitrogen and oxygen atoms in total. The molecule has 10 heteroatoms. The highest BCUT2D eigenvalue weighted by molar-refractivity contribution is 7.97. The van der Waals surface area contributed by atoms with Gasteiger partial charge in [-0.15, -0.1) is 0 Å². The summed E-state index contributed by atoms with van der Waals surface area (Å²) >= 11 is 1.75. The average Bonchev–Trinajstić information content (AvgIpc) is 3.44. The van der Waals surface area contributed by atoms with Crippen LogP contribution in [0.3, 0.4) is 0 Å². The molecule has 0 aliphatic carbocycles. The third-order valence-electron chi connectivity index (χ3n) is 4.41. The molecule has 2 aromatic heterocycles. The van der Waals surface area contributed by atoms with Gasteiger partial charge in [-0.1, -0.05) is 17.3 Å². The van der Waals surface area contributed by atoms with E-state index in [2.05, 4.69) is 19.6 Å². The molecule has 160 valence electrons. The molecule has 31 heavy (non-hydrogen) atoms. The van der Waals surface area contributed by atoms with Gasteiger partial charge in [0.2, 0.25) is 5.82 Å². The summed E-state index contributed by atoms with van der Waals surface area (Å²) in [5.41, 5.74) is 3.38. The topological polar surface area (TPSA) is 66.0 Å². The lowest BCUT2D eigenvalue weighted by Crippen LogP contribution is -2.04. The Morgan fingerprint density at radius 1 is 1.03 bits per heavy atom. The summed E-state index contributed by atoms with van der Waals surface area (Å²) in [5, 5.41) is 3.39. The summed E-state index contributed by atoms with van der Waals surface area (Å²) in [7, 11) is 1.64. The molecule has 4 aromatic rings. The molecular formula is C21H17F3N4O2S. The molecular weight excluding hydrogens is 429 g/mol. The number of hydrogen-bond acceptors (Lipinski definition) is 6. The first-order valence-corrected chi connectivity index (χ1v) is 10.3. The zero-order valence-electron chi connectivity index (χ0n) is 16.3. The summed E-state index contributed by atoms with van der Waals surface area (Å²) in [6.45, 7) is 0. The van der Waals surface area contributed by atoms with Crippen LogP contribution in [0.1, 0.15) is 17.1 Å². The number of halogens is 3. The van der Waals surface area contributed by atoms with Crippen LogP contribution >= 0.6 is 11.8 Å². The molecule has 2 aromatic carbocycles. The van der Waals surface area contributed by atoms with E-state index in [-0.39, 0.29) is 5.82 Å². The van der Waals surface area contributed by atoms with Crippen molar-refractivity contribution < 1.29 is 22.4 Å². The second-order valence-electron chi connectivity index (χ2n) is 6.58. The molecule has 0 atom stereocenters. The molecule has 2 heterocycles. The largest absolute Gasteiger partial charge is 0.497 e. The lowest BCUT2D eigenvalue weighted by Gasteiger charge is -2.03. The van der Waals surface area contributed by atoms with Crippen molar-refractivity contribution in [3.63, 3.8) is 0 Å². The van der Waals surface area contributed by atoms with Crippen LogP contribution in [0.4, 0.5) is 13.2 Å². The molecule has 0 saturated heterocycles. The van der Waals surface area contributed by atoms with Crippen LogP contribution in [-0.4, -0.2) is 26.8 Å². The fraction of sp³-hybridized carbons (Fsp3) is 0.190. The molecule has 0 N–H and O–H groups in total. The van der Waals surface area contributed by atoms with E-state index >= 15 is 0 Å². The second-order valence-corrected chi connectivity index (χ2v) is 7.57. The van der Waals surface area contributed by atoms with Gasteiger partial charge in [0.25, 0.3) is 0 Å². The summed E-state index contributed by atoms with van der Waals surface area (Å²) in [6, 6.07) is 14.7. The number of benzene rings is 2. The van der Waals surface area contributed by atoms with Gasteiger partial charge in [-0.25, -0.2) is 4.98 Å². The van der Waals surface area contributed by atoms with Crippen LogP contribution < -0.4 is 4.74 Å². The van der Waals surface area contributed by atoms with E-state index in [1.165, 1.54) is 5.56 Å². The number of rotatable bonds is 7. The summed E-state index contributed by atoms with van der Waals surface area (Å²) in [5.74, 6) is 0.966. The smallest absolute Gasteiger partial charge is 0.471 e. The zero-order valence-corrected chi connectivity index (χ0v) is 17.2. The van der Waals surface area contributed by atoms with E-state index in [0.717, 1.165) is 28.6 Å². The van der Waals surface area contributed by atoms with Crippen molar-refractivity contribution in [1.29, 1.82) is 0 Å². The lowest BCUT2D eigenvalue weighted by molar-refractivity contribution is -0.159. The van der Waals surface area contributed by atoms with Gasteiger partial charge in [0.05, 0.1) is 19.1 Å². The standard InChI is InChI=1S/C21H17F3N4O2S/c1-29-18-8-2-14(3-9-18)11-31-12-16-10-28(13-25-16)17-6-4-15(5-7-17)19-26-20(30-27-19)21(22,23)24/h2-10,13H,11-12H2,1H3. The second kappa shape index (κ2) is 8.84. The Kier molecular flexibility index (Phi) is 5.99. The van der Waals surface area contributed by atoms with Crippen molar-refractivity contribution in [2.45, 2.75) is 17.7 Å². The first kappa shape index (κ1) is 21.0. The highest BCUT2D eigenvalue weighted by atomic mass is 32.2. The van der Waals surface area contributed by atoms with Crippen LogP contribution in [0.25, 0.3) is 17.1 Å². The number of nitrogens with zero attached hydrogens (tertiary/aromatic N) is 4. The number of methoxy groups -OCH3 is 1. The van der Waals surface area contributed by atoms with Crippen molar-refractivity contribution in [3.05, 3.63) is 78.2 Å². The molecule has 0 unspecified atom stereocenters. The Morgan fingerprint density at radius 3 is 2.42 bits per heavy atom. The van der Waals surface area contributed by atoms with E-state index in [1.807, 2.05) is 35.0 Å². The molecule has 0 aliphatic rings. The van der Waals surface area contributed by atoms with Crippen LogP contribution in [0.15, 0.2) is 65.6 Å². The minimum absolute atomic E-state index is 0.111. The van der Waals surface area contributed by atoms with Crippen LogP contribution in [-0.2, 0) is 17.7 Å². The maximum absolute atomic E-state index is 12.6. The maximum Gasteiger partial charge on any atom is 0.471 e. The predicted octanol–water partition coefficient (Wildman–Crippen LogP) is 5.38. The van der Waals surface area contributed by atoms with Gasteiger partial charge in [0.1, 0.15) is 5.75 Å². The van der Waals surface area contributed by atoms with Gasteiger partial charge < -0.3 is 13.8 Å². The molecule has 0 spiro atoms. The molecule has 0 amide bonds. The maximum atomic E-state index is 12.6. The number of imidazole rings is 1. The van der Waals surface area contributed by atoms with Crippen molar-refractivity contribution in [2.24, 2.45) is 0 Å². The number of alkyl halides is 3. The van der Waals surface area contributed by atoms with E-state index in [4.69, 9.17) is 4.74 Å². The van der Waals surface area contributed by atoms with Crippen molar-refractivity contribution >= 4 is 11.8 Å². The normalized spacial score (nSPS) is 11.6. The Hall–Kier alpha value is -3.27. The van der Waals surface area contributed by atoms with Gasteiger partial charge in [-0.05, 0) is 42.0 Å². The SMILES string of the molecule is COc1ccc(CSCc2cn(-c3ccc(-c4noc(C(F)(F)F)n4)cc3)cn2)cc1. The summed E-state index contributed by atoms with van der Waals surface area (Å²) < 4.78 is 49.1. The Labute approximate surface area is 180 Å². The number of aromatic nitrogens is 4. The third-order valence-corrected chi connectivity index (χ3v) is 5.44. The van der Waals surface area contributed by atoms with Crippen molar-refractivity contribution in [1.82, 2.24) is 19.7 Å². The minimum Gasteiger partial charge on any atom is -0.497 e. The van der Waals surface area contributed by atoms with E-state index in [1.54, 1.807) is 49.5 Å². The molecule has 0 bridgehead atoms. The predicted molar refractivity (Wildman–Crippen MR) is 110 cm³/mol. The molecule has 4 rings (SSSR count). The first-order chi connectivity index (χ1) is 14.9. The Morgan fingerprint density at radius 2 is 1.77 bits per heavy atom. The molecule has 0 saturated carbocycles.